The highest BCUT2D eigenvalue weighted by atomic mass is 32.2. The van der Waals surface area contributed by atoms with Crippen LogP contribution in [0.5, 0.6) is 0 Å². The monoisotopic (exact) mass is 353 g/mol. The smallest absolute Gasteiger partial charge is 0.344 e. The van der Waals surface area contributed by atoms with Crippen LogP contribution in [0, 0.1) is 17.8 Å². The molecule has 5 aliphatic rings. The lowest BCUT2D eigenvalue weighted by Gasteiger charge is -2.55. The average molecular weight is 353 g/mol. The molecule has 0 N–H and O–H groups in total. The molecule has 0 aromatic heterocycles. The van der Waals surface area contributed by atoms with E-state index in [1.165, 1.54) is 19.3 Å². The second kappa shape index (κ2) is 6.87. The molecule has 6 heteroatoms. The number of nitrogens with zero attached hydrogens (tertiary/aromatic N) is 1. The third-order valence-electron chi connectivity index (χ3n) is 6.12. The van der Waals surface area contributed by atoms with E-state index in [0.29, 0.717) is 0 Å². The molecule has 1 heterocycles. The normalized spacial score (nSPS) is 38.1. The van der Waals surface area contributed by atoms with Crippen LogP contribution < -0.4 is 0 Å². The number of esters is 2. The van der Waals surface area contributed by atoms with E-state index in [2.05, 4.69) is 4.90 Å². The Morgan fingerprint density at radius 3 is 2.12 bits per heavy atom. The predicted octanol–water partition coefficient (Wildman–Crippen LogP) is 2.09. The lowest BCUT2D eigenvalue weighted by Crippen LogP contribution is -2.53. The van der Waals surface area contributed by atoms with Gasteiger partial charge in [-0.1, -0.05) is 0 Å². The second-order valence-corrected chi connectivity index (χ2v) is 9.35. The Bertz CT molecular complexity index is 468. The molecular weight excluding hydrogens is 326 g/mol. The zero-order valence-corrected chi connectivity index (χ0v) is 15.0. The highest BCUT2D eigenvalue weighted by molar-refractivity contribution is 7.99. The van der Waals surface area contributed by atoms with Gasteiger partial charge in [-0.05, 0) is 56.3 Å². The number of hydrogen-bond donors (Lipinski definition) is 0. The maximum Gasteiger partial charge on any atom is 0.344 e. The summed E-state index contributed by atoms with van der Waals surface area (Å²) >= 11 is 1.91. The third-order valence-corrected chi connectivity index (χ3v) is 7.06. The molecular formula is C18H27NO4S. The standard InChI is InChI=1S/C18H27NO4S/c20-16(11-19-1-3-24-4-2-19)22-12-17(21)23-18-8-13-5-14(9-18)7-15(6-13)10-18/h13-15H,1-12H2. The highest BCUT2D eigenvalue weighted by Gasteiger charge is 2.53. The minimum absolute atomic E-state index is 0.233. The van der Waals surface area contributed by atoms with Crippen LogP contribution in [0.1, 0.15) is 38.5 Å². The van der Waals surface area contributed by atoms with E-state index in [1.807, 2.05) is 11.8 Å². The zero-order valence-electron chi connectivity index (χ0n) is 14.2. The Morgan fingerprint density at radius 1 is 0.958 bits per heavy atom. The van der Waals surface area contributed by atoms with Crippen molar-refractivity contribution in [2.45, 2.75) is 44.1 Å². The lowest BCUT2D eigenvalue weighted by molar-refractivity contribution is -0.192. The molecule has 1 aliphatic heterocycles. The molecule has 5 nitrogen and oxygen atoms in total. The maximum absolute atomic E-state index is 12.2. The van der Waals surface area contributed by atoms with E-state index in [-0.39, 0.29) is 30.7 Å². The first-order valence-electron chi connectivity index (χ1n) is 9.28. The van der Waals surface area contributed by atoms with Crippen molar-refractivity contribution in [1.29, 1.82) is 0 Å². The number of carbonyl (C=O) groups is 2. The van der Waals surface area contributed by atoms with Gasteiger partial charge in [-0.2, -0.15) is 11.8 Å². The van der Waals surface area contributed by atoms with E-state index in [0.717, 1.165) is 61.6 Å². The zero-order chi connectivity index (χ0) is 16.6. The summed E-state index contributed by atoms with van der Waals surface area (Å²) in [6.45, 7) is 1.88. The van der Waals surface area contributed by atoms with Gasteiger partial charge in [0.2, 0.25) is 0 Å². The van der Waals surface area contributed by atoms with Crippen LogP contribution in [0.3, 0.4) is 0 Å². The molecule has 0 spiro atoms. The summed E-state index contributed by atoms with van der Waals surface area (Å²) in [4.78, 5) is 26.2. The van der Waals surface area contributed by atoms with Gasteiger partial charge in [0.15, 0.2) is 6.61 Å². The van der Waals surface area contributed by atoms with Crippen molar-refractivity contribution in [2.75, 3.05) is 37.7 Å². The van der Waals surface area contributed by atoms with Crippen molar-refractivity contribution < 1.29 is 19.1 Å². The number of thioether (sulfide) groups is 1. The molecule has 0 atom stereocenters. The van der Waals surface area contributed by atoms with Gasteiger partial charge in [0.25, 0.3) is 0 Å². The van der Waals surface area contributed by atoms with Crippen molar-refractivity contribution in [3.05, 3.63) is 0 Å². The van der Waals surface area contributed by atoms with Crippen LogP contribution in [-0.4, -0.2) is 60.2 Å². The van der Waals surface area contributed by atoms with Crippen LogP contribution >= 0.6 is 11.8 Å². The van der Waals surface area contributed by atoms with E-state index < -0.39 is 0 Å². The molecule has 4 bridgehead atoms. The number of ether oxygens (including phenoxy) is 2. The summed E-state index contributed by atoms with van der Waals surface area (Å²) in [5, 5.41) is 0. The van der Waals surface area contributed by atoms with Gasteiger partial charge >= 0.3 is 11.9 Å². The van der Waals surface area contributed by atoms with Gasteiger partial charge in [-0.3, -0.25) is 9.69 Å². The largest absolute Gasteiger partial charge is 0.457 e. The first-order valence-corrected chi connectivity index (χ1v) is 10.4. The third kappa shape index (κ3) is 3.74. The van der Waals surface area contributed by atoms with Crippen molar-refractivity contribution in [2.24, 2.45) is 17.8 Å². The summed E-state index contributed by atoms with van der Waals surface area (Å²) in [6.07, 6.45) is 7.01. The van der Waals surface area contributed by atoms with Gasteiger partial charge in [0, 0.05) is 24.6 Å². The molecule has 4 saturated carbocycles. The van der Waals surface area contributed by atoms with Crippen LogP contribution in [0.25, 0.3) is 0 Å². The van der Waals surface area contributed by atoms with Gasteiger partial charge in [-0.25, -0.2) is 4.79 Å². The maximum atomic E-state index is 12.2. The van der Waals surface area contributed by atoms with Gasteiger partial charge in [0.1, 0.15) is 5.60 Å². The summed E-state index contributed by atoms with van der Waals surface area (Å²) in [5.41, 5.74) is -0.248. The van der Waals surface area contributed by atoms with E-state index >= 15 is 0 Å². The quantitative estimate of drug-likeness (QED) is 0.706. The Morgan fingerprint density at radius 2 is 1.54 bits per heavy atom. The minimum Gasteiger partial charge on any atom is -0.457 e. The number of carbonyl (C=O) groups excluding carboxylic acids is 2. The fourth-order valence-electron chi connectivity index (χ4n) is 5.55. The van der Waals surface area contributed by atoms with Crippen molar-refractivity contribution >= 4 is 23.7 Å². The van der Waals surface area contributed by atoms with Crippen molar-refractivity contribution in [3.63, 3.8) is 0 Å². The van der Waals surface area contributed by atoms with Crippen LogP contribution in [0.2, 0.25) is 0 Å². The Labute approximate surface area is 147 Å². The molecule has 0 amide bonds. The molecule has 0 radical (unpaired) electrons. The number of rotatable bonds is 5. The molecule has 1 saturated heterocycles. The molecule has 24 heavy (non-hydrogen) atoms. The first-order chi connectivity index (χ1) is 11.6. The second-order valence-electron chi connectivity index (χ2n) is 8.12. The molecule has 0 aromatic carbocycles. The first kappa shape index (κ1) is 16.7. The van der Waals surface area contributed by atoms with Crippen LogP contribution in [-0.2, 0) is 19.1 Å². The van der Waals surface area contributed by atoms with Crippen LogP contribution in [0.4, 0.5) is 0 Å². The molecule has 5 fully saturated rings. The molecule has 4 aliphatic carbocycles. The fraction of sp³-hybridized carbons (Fsp3) is 0.889. The predicted molar refractivity (Wildman–Crippen MR) is 91.7 cm³/mol. The van der Waals surface area contributed by atoms with Gasteiger partial charge < -0.3 is 9.47 Å². The summed E-state index contributed by atoms with van der Waals surface area (Å²) < 4.78 is 11.0. The SMILES string of the molecule is O=C(CN1CCSCC1)OCC(=O)OC12CC3CC(CC(C3)C1)C2. The fourth-order valence-corrected chi connectivity index (χ4v) is 6.53. The molecule has 5 rings (SSSR count). The van der Waals surface area contributed by atoms with E-state index in [9.17, 15) is 9.59 Å². The summed E-state index contributed by atoms with van der Waals surface area (Å²) in [5.74, 6) is 3.66. The topological polar surface area (TPSA) is 55.8 Å². The van der Waals surface area contributed by atoms with Crippen molar-refractivity contribution in [3.8, 4) is 0 Å². The Kier molecular flexibility index (Phi) is 4.78. The minimum atomic E-state index is -0.362. The van der Waals surface area contributed by atoms with E-state index in [4.69, 9.17) is 9.47 Å². The lowest BCUT2D eigenvalue weighted by atomic mass is 9.54. The van der Waals surface area contributed by atoms with E-state index in [1.54, 1.807) is 0 Å². The molecule has 134 valence electrons. The Balaban J connectivity index is 1.23. The Hall–Kier alpha value is -0.750. The van der Waals surface area contributed by atoms with Crippen molar-refractivity contribution in [1.82, 2.24) is 4.90 Å². The highest BCUT2D eigenvalue weighted by Crippen LogP contribution is 2.57. The molecule has 0 unspecified atom stereocenters. The van der Waals surface area contributed by atoms with Gasteiger partial charge in [0.05, 0.1) is 6.54 Å². The summed E-state index contributed by atoms with van der Waals surface area (Å²) in [6, 6.07) is 0. The summed E-state index contributed by atoms with van der Waals surface area (Å²) in [7, 11) is 0. The average Bonchev–Trinajstić information content (AvgIpc) is 2.52. The van der Waals surface area contributed by atoms with Gasteiger partial charge in [-0.15, -0.1) is 0 Å². The molecule has 0 aromatic rings. The number of hydrogen-bond acceptors (Lipinski definition) is 6. The van der Waals surface area contributed by atoms with Crippen LogP contribution in [0.15, 0.2) is 0 Å².